The van der Waals surface area contributed by atoms with E-state index >= 15 is 0 Å². The average molecular weight is 347 g/mol. The fourth-order valence-electron chi connectivity index (χ4n) is 2.16. The van der Waals surface area contributed by atoms with Crippen LogP contribution in [0, 0.1) is 17.0 Å². The first kappa shape index (κ1) is 17.9. The molecule has 0 radical (unpaired) electrons. The molecule has 1 amide bonds. The van der Waals surface area contributed by atoms with Gasteiger partial charge in [-0.3, -0.25) is 4.79 Å². The molecule has 10 heteroatoms. The highest BCUT2D eigenvalue weighted by atomic mass is 16.6. The van der Waals surface area contributed by atoms with Gasteiger partial charge in [-0.05, 0) is 17.1 Å². The van der Waals surface area contributed by atoms with Crippen molar-refractivity contribution in [2.45, 2.75) is 13.5 Å². The zero-order valence-electron chi connectivity index (χ0n) is 13.9. The Labute approximate surface area is 143 Å². The molecule has 0 aliphatic carbocycles. The minimum Gasteiger partial charge on any atom is -0.493 e. The number of hydrogen-bond donors (Lipinski definition) is 1. The number of carbonyl (C=O) groups excluding carboxylic acids is 1. The number of ether oxygens (including phenoxy) is 2. The standard InChI is InChI=1S/C15H17N5O5/c1-10-16-8-14(20(22)23)19(10)9-13(21)18-17-7-11-5-4-6-12(24-2)15(11)25-3/h4-8H,9H2,1-3H3,(H,18,21)/b17-7-. The Kier molecular flexibility index (Phi) is 5.66. The van der Waals surface area contributed by atoms with Crippen molar-refractivity contribution in [3.8, 4) is 11.5 Å². The molecule has 0 aliphatic heterocycles. The Hall–Kier alpha value is -3.43. The van der Waals surface area contributed by atoms with Crippen molar-refractivity contribution in [3.05, 3.63) is 45.9 Å². The first-order valence-corrected chi connectivity index (χ1v) is 7.17. The molecule has 10 nitrogen and oxygen atoms in total. The molecule has 0 saturated carbocycles. The van der Waals surface area contributed by atoms with Gasteiger partial charge in [0.05, 0.1) is 20.4 Å². The minimum atomic E-state index is -0.600. The van der Waals surface area contributed by atoms with Gasteiger partial charge in [0, 0.05) is 12.5 Å². The third-order valence-electron chi connectivity index (χ3n) is 3.35. The molecule has 2 rings (SSSR count). The highest BCUT2D eigenvalue weighted by Gasteiger charge is 2.19. The van der Waals surface area contributed by atoms with Crippen molar-refractivity contribution in [2.24, 2.45) is 5.10 Å². The molecular formula is C15H17N5O5. The first-order valence-electron chi connectivity index (χ1n) is 7.17. The van der Waals surface area contributed by atoms with Crippen molar-refractivity contribution in [1.82, 2.24) is 15.0 Å². The zero-order valence-corrected chi connectivity index (χ0v) is 13.9. The maximum absolute atomic E-state index is 12.0. The maximum atomic E-state index is 12.0. The quantitative estimate of drug-likeness (QED) is 0.457. The number of imidazole rings is 1. The number of nitro groups is 1. The van der Waals surface area contributed by atoms with E-state index in [1.807, 2.05) is 0 Å². The van der Waals surface area contributed by atoms with Crippen LogP contribution in [0.15, 0.2) is 29.5 Å². The molecular weight excluding hydrogens is 330 g/mol. The van der Waals surface area contributed by atoms with Crippen LogP contribution in [-0.4, -0.2) is 40.8 Å². The van der Waals surface area contributed by atoms with Gasteiger partial charge in [-0.2, -0.15) is 5.10 Å². The lowest BCUT2D eigenvalue weighted by molar-refractivity contribution is -0.392. The van der Waals surface area contributed by atoms with Crippen LogP contribution in [0.1, 0.15) is 11.4 Å². The molecule has 0 aliphatic rings. The number of nitrogens with zero attached hydrogens (tertiary/aromatic N) is 4. The van der Waals surface area contributed by atoms with E-state index < -0.39 is 10.8 Å². The average Bonchev–Trinajstić information content (AvgIpc) is 2.95. The molecule has 1 aromatic carbocycles. The molecule has 0 atom stereocenters. The largest absolute Gasteiger partial charge is 0.493 e. The molecule has 0 unspecified atom stereocenters. The van der Waals surface area contributed by atoms with E-state index in [-0.39, 0.29) is 12.4 Å². The number of aryl methyl sites for hydroxylation is 1. The van der Waals surface area contributed by atoms with Gasteiger partial charge in [0.25, 0.3) is 5.91 Å². The molecule has 0 fully saturated rings. The molecule has 2 aromatic rings. The third-order valence-corrected chi connectivity index (χ3v) is 3.35. The van der Waals surface area contributed by atoms with Gasteiger partial charge in [-0.15, -0.1) is 0 Å². The fraction of sp³-hybridized carbons (Fsp3) is 0.267. The highest BCUT2D eigenvalue weighted by molar-refractivity contribution is 5.86. The number of para-hydroxylation sites is 1. The summed E-state index contributed by atoms with van der Waals surface area (Å²) in [6.45, 7) is 1.30. The number of aromatic nitrogens is 2. The van der Waals surface area contributed by atoms with Crippen LogP contribution in [0.4, 0.5) is 5.82 Å². The third kappa shape index (κ3) is 4.10. The first-order chi connectivity index (χ1) is 12.0. The molecule has 132 valence electrons. The van der Waals surface area contributed by atoms with Gasteiger partial charge in [0.15, 0.2) is 23.9 Å². The second-order valence-corrected chi connectivity index (χ2v) is 4.88. The normalized spacial score (nSPS) is 10.7. The van der Waals surface area contributed by atoms with Gasteiger partial charge >= 0.3 is 5.82 Å². The van der Waals surface area contributed by atoms with E-state index in [9.17, 15) is 14.9 Å². The Balaban J connectivity index is 2.07. The fourth-order valence-corrected chi connectivity index (χ4v) is 2.16. The van der Waals surface area contributed by atoms with Gasteiger partial charge in [0.2, 0.25) is 0 Å². The van der Waals surface area contributed by atoms with E-state index in [2.05, 4.69) is 15.5 Å². The van der Waals surface area contributed by atoms with Crippen LogP contribution < -0.4 is 14.9 Å². The van der Waals surface area contributed by atoms with Crippen molar-refractivity contribution >= 4 is 17.9 Å². The minimum absolute atomic E-state index is 0.258. The number of carbonyl (C=O) groups is 1. The Bertz CT molecular complexity index is 815. The number of rotatable bonds is 7. The number of methoxy groups -OCH3 is 2. The Morgan fingerprint density at radius 2 is 2.20 bits per heavy atom. The summed E-state index contributed by atoms with van der Waals surface area (Å²) >= 11 is 0. The predicted octanol–water partition coefficient (Wildman–Crippen LogP) is 1.27. The number of benzene rings is 1. The van der Waals surface area contributed by atoms with E-state index in [4.69, 9.17) is 9.47 Å². The summed E-state index contributed by atoms with van der Waals surface area (Å²) in [5.41, 5.74) is 2.92. The Morgan fingerprint density at radius 1 is 1.44 bits per heavy atom. The van der Waals surface area contributed by atoms with Crippen molar-refractivity contribution < 1.29 is 19.2 Å². The molecule has 25 heavy (non-hydrogen) atoms. The smallest absolute Gasteiger partial charge is 0.343 e. The van der Waals surface area contributed by atoms with Gasteiger partial charge < -0.3 is 19.6 Å². The van der Waals surface area contributed by atoms with E-state index in [1.165, 1.54) is 25.0 Å². The van der Waals surface area contributed by atoms with Crippen molar-refractivity contribution in [1.29, 1.82) is 0 Å². The van der Waals surface area contributed by atoms with E-state index in [0.29, 0.717) is 22.9 Å². The molecule has 0 saturated heterocycles. The summed E-state index contributed by atoms with van der Waals surface area (Å²) in [7, 11) is 3.01. The lowest BCUT2D eigenvalue weighted by Crippen LogP contribution is -2.24. The van der Waals surface area contributed by atoms with E-state index in [0.717, 1.165) is 6.20 Å². The Morgan fingerprint density at radius 3 is 2.84 bits per heavy atom. The van der Waals surface area contributed by atoms with Crippen molar-refractivity contribution in [2.75, 3.05) is 14.2 Å². The monoisotopic (exact) mass is 347 g/mol. The zero-order chi connectivity index (χ0) is 18.4. The van der Waals surface area contributed by atoms with Gasteiger partial charge in [0.1, 0.15) is 6.20 Å². The summed E-state index contributed by atoms with van der Waals surface area (Å²) in [4.78, 5) is 26.1. The van der Waals surface area contributed by atoms with Crippen LogP contribution in [0.25, 0.3) is 0 Å². The molecule has 0 bridgehead atoms. The van der Waals surface area contributed by atoms with Crippen LogP contribution in [-0.2, 0) is 11.3 Å². The summed E-state index contributed by atoms with van der Waals surface area (Å²) < 4.78 is 11.6. The summed E-state index contributed by atoms with van der Waals surface area (Å²) in [6, 6.07) is 5.22. The van der Waals surface area contributed by atoms with Gasteiger partial charge in [-0.25, -0.2) is 15.0 Å². The molecule has 1 heterocycles. The molecule has 0 spiro atoms. The lowest BCUT2D eigenvalue weighted by Gasteiger charge is -2.09. The summed E-state index contributed by atoms with van der Waals surface area (Å²) in [5.74, 6) is 0.584. The molecule has 1 aromatic heterocycles. The topological polar surface area (TPSA) is 121 Å². The number of hydrazone groups is 1. The van der Waals surface area contributed by atoms with Crippen LogP contribution in [0.5, 0.6) is 11.5 Å². The SMILES string of the molecule is COc1cccc(/C=N\NC(=O)Cn2c([N+](=O)[O-])cnc2C)c1OC. The van der Waals surface area contributed by atoms with E-state index in [1.54, 1.807) is 25.1 Å². The second-order valence-electron chi connectivity index (χ2n) is 4.88. The summed E-state index contributed by atoms with van der Waals surface area (Å²) in [6.07, 6.45) is 2.50. The van der Waals surface area contributed by atoms with Crippen LogP contribution >= 0.6 is 0 Å². The summed E-state index contributed by atoms with van der Waals surface area (Å²) in [5, 5.41) is 14.8. The predicted molar refractivity (Wildman–Crippen MR) is 88.9 cm³/mol. The van der Waals surface area contributed by atoms with Crippen LogP contribution in [0.3, 0.4) is 0 Å². The second kappa shape index (κ2) is 7.90. The van der Waals surface area contributed by atoms with Crippen molar-refractivity contribution in [3.63, 3.8) is 0 Å². The van der Waals surface area contributed by atoms with Gasteiger partial charge in [-0.1, -0.05) is 6.07 Å². The number of nitrogens with one attached hydrogen (secondary N) is 1. The lowest BCUT2D eigenvalue weighted by atomic mass is 10.2. The van der Waals surface area contributed by atoms with Crippen LogP contribution in [0.2, 0.25) is 0 Å². The number of hydrogen-bond acceptors (Lipinski definition) is 7. The molecule has 1 N–H and O–H groups in total. The number of amides is 1. The maximum Gasteiger partial charge on any atom is 0.343 e. The highest BCUT2D eigenvalue weighted by Crippen LogP contribution is 2.29.